The van der Waals surface area contributed by atoms with Gasteiger partial charge in [0.25, 0.3) is 0 Å². The van der Waals surface area contributed by atoms with Gasteiger partial charge in [-0.2, -0.15) is 0 Å². The molecule has 0 radical (unpaired) electrons. The van der Waals surface area contributed by atoms with Crippen LogP contribution in [0.2, 0.25) is 5.02 Å². The van der Waals surface area contributed by atoms with Crippen LogP contribution < -0.4 is 5.32 Å². The summed E-state index contributed by atoms with van der Waals surface area (Å²) in [4.78, 5) is 18.5. The molecule has 0 saturated carbocycles. The number of benzene rings is 1. The Balaban J connectivity index is 1.55. The molecule has 2 aromatic rings. The van der Waals surface area contributed by atoms with Gasteiger partial charge >= 0.3 is 6.03 Å². The average Bonchev–Trinajstić information content (AvgIpc) is 3.01. The first-order chi connectivity index (χ1) is 10.2. The normalized spacial score (nSPS) is 16.0. The predicted octanol–water partition coefficient (Wildman–Crippen LogP) is 4.21. The third-order valence-corrected chi connectivity index (χ3v) is 4.83. The summed E-state index contributed by atoms with van der Waals surface area (Å²) in [6.07, 6.45) is 3.78. The lowest BCUT2D eigenvalue weighted by Crippen LogP contribution is -2.40. The quantitative estimate of drug-likeness (QED) is 0.900. The number of anilines is 1. The van der Waals surface area contributed by atoms with Crippen LogP contribution in [-0.2, 0) is 0 Å². The van der Waals surface area contributed by atoms with Crippen molar-refractivity contribution in [1.29, 1.82) is 0 Å². The molecule has 1 aromatic heterocycles. The second-order valence-corrected chi connectivity index (χ2v) is 6.43. The second kappa shape index (κ2) is 6.45. The van der Waals surface area contributed by atoms with Gasteiger partial charge in [-0.15, -0.1) is 11.3 Å². The molecule has 0 spiro atoms. The first-order valence-electron chi connectivity index (χ1n) is 6.93. The van der Waals surface area contributed by atoms with Gasteiger partial charge in [0.15, 0.2) is 0 Å². The molecule has 21 heavy (non-hydrogen) atoms. The molecule has 0 atom stereocenters. The van der Waals surface area contributed by atoms with Crippen LogP contribution in [0.25, 0.3) is 0 Å². The van der Waals surface area contributed by atoms with E-state index in [0.29, 0.717) is 10.9 Å². The smallest absolute Gasteiger partial charge is 0.321 e. The van der Waals surface area contributed by atoms with Gasteiger partial charge in [-0.3, -0.25) is 0 Å². The molecule has 1 saturated heterocycles. The van der Waals surface area contributed by atoms with E-state index < -0.39 is 0 Å². The van der Waals surface area contributed by atoms with Crippen molar-refractivity contribution in [2.45, 2.75) is 18.8 Å². The second-order valence-electron chi connectivity index (χ2n) is 5.07. The standard InChI is InChI=1S/C15H16ClN3OS/c16-12-2-1-3-13(10-12)18-15(20)19-7-4-11(5-8-19)14-17-6-9-21-14/h1-3,6,9-11H,4-5,7-8H2,(H,18,20). The molecule has 1 aliphatic rings. The fraction of sp³-hybridized carbons (Fsp3) is 0.333. The Kier molecular flexibility index (Phi) is 4.41. The van der Waals surface area contributed by atoms with Gasteiger partial charge in [-0.05, 0) is 31.0 Å². The van der Waals surface area contributed by atoms with E-state index in [-0.39, 0.29) is 6.03 Å². The summed E-state index contributed by atoms with van der Waals surface area (Å²) >= 11 is 7.62. The van der Waals surface area contributed by atoms with Gasteiger partial charge in [0.1, 0.15) is 0 Å². The highest BCUT2D eigenvalue weighted by Gasteiger charge is 2.25. The number of piperidine rings is 1. The van der Waals surface area contributed by atoms with Crippen molar-refractivity contribution in [2.75, 3.05) is 18.4 Å². The SMILES string of the molecule is O=C(Nc1cccc(Cl)c1)N1CCC(c2nccs2)CC1. The number of carbonyl (C=O) groups excluding carboxylic acids is 1. The number of likely N-dealkylation sites (tertiary alicyclic amines) is 1. The van der Waals surface area contributed by atoms with Crippen LogP contribution in [0, 0.1) is 0 Å². The summed E-state index contributed by atoms with van der Waals surface area (Å²) < 4.78 is 0. The van der Waals surface area contributed by atoms with E-state index in [1.807, 2.05) is 28.6 Å². The zero-order valence-corrected chi connectivity index (χ0v) is 13.0. The van der Waals surface area contributed by atoms with Crippen LogP contribution in [0.15, 0.2) is 35.8 Å². The van der Waals surface area contributed by atoms with Gasteiger partial charge in [0.05, 0.1) is 5.01 Å². The van der Waals surface area contributed by atoms with Crippen LogP contribution in [0.1, 0.15) is 23.8 Å². The number of nitrogens with one attached hydrogen (secondary N) is 1. The highest BCUT2D eigenvalue weighted by Crippen LogP contribution is 2.29. The molecule has 0 unspecified atom stereocenters. The third-order valence-electron chi connectivity index (χ3n) is 3.66. The molecule has 1 aliphatic heterocycles. The number of halogens is 1. The van der Waals surface area contributed by atoms with Crippen molar-refractivity contribution < 1.29 is 4.79 Å². The number of amides is 2. The van der Waals surface area contributed by atoms with Crippen LogP contribution in [0.4, 0.5) is 10.5 Å². The van der Waals surface area contributed by atoms with Crippen LogP contribution in [0.5, 0.6) is 0 Å². The molecule has 2 heterocycles. The highest BCUT2D eigenvalue weighted by molar-refractivity contribution is 7.09. The van der Waals surface area contributed by atoms with E-state index in [0.717, 1.165) is 31.6 Å². The van der Waals surface area contributed by atoms with E-state index in [1.54, 1.807) is 23.5 Å². The molecular formula is C15H16ClN3OS. The molecule has 2 amide bonds. The number of nitrogens with zero attached hydrogens (tertiary/aromatic N) is 2. The molecule has 0 bridgehead atoms. The predicted molar refractivity (Wildman–Crippen MR) is 86.1 cm³/mol. The minimum atomic E-state index is -0.0603. The molecule has 3 rings (SSSR count). The van der Waals surface area contributed by atoms with Crippen molar-refractivity contribution in [2.24, 2.45) is 0 Å². The zero-order valence-electron chi connectivity index (χ0n) is 11.5. The summed E-state index contributed by atoms with van der Waals surface area (Å²) in [7, 11) is 0. The van der Waals surface area contributed by atoms with E-state index in [2.05, 4.69) is 10.3 Å². The number of aromatic nitrogens is 1. The third kappa shape index (κ3) is 3.54. The van der Waals surface area contributed by atoms with Gasteiger partial charge in [0.2, 0.25) is 0 Å². The topological polar surface area (TPSA) is 45.2 Å². The maximum atomic E-state index is 12.2. The zero-order chi connectivity index (χ0) is 14.7. The van der Waals surface area contributed by atoms with E-state index >= 15 is 0 Å². The molecule has 1 fully saturated rings. The van der Waals surface area contributed by atoms with Gasteiger partial charge in [-0.1, -0.05) is 17.7 Å². The fourth-order valence-electron chi connectivity index (χ4n) is 2.53. The molecule has 4 nitrogen and oxygen atoms in total. The lowest BCUT2D eigenvalue weighted by atomic mass is 9.98. The molecule has 0 aliphatic carbocycles. The Morgan fingerprint density at radius 2 is 2.19 bits per heavy atom. The molecule has 1 N–H and O–H groups in total. The summed E-state index contributed by atoms with van der Waals surface area (Å²) in [5.41, 5.74) is 0.731. The Hall–Kier alpha value is -1.59. The first kappa shape index (κ1) is 14.4. The lowest BCUT2D eigenvalue weighted by molar-refractivity contribution is 0.194. The Morgan fingerprint density at radius 3 is 2.86 bits per heavy atom. The number of urea groups is 1. The van der Waals surface area contributed by atoms with Crippen molar-refractivity contribution in [3.8, 4) is 0 Å². The van der Waals surface area contributed by atoms with E-state index in [1.165, 1.54) is 5.01 Å². The van der Waals surface area contributed by atoms with Gasteiger partial charge in [-0.25, -0.2) is 9.78 Å². The van der Waals surface area contributed by atoms with E-state index in [9.17, 15) is 4.79 Å². The average molecular weight is 322 g/mol. The number of hydrogen-bond acceptors (Lipinski definition) is 3. The number of rotatable bonds is 2. The molecule has 6 heteroatoms. The van der Waals surface area contributed by atoms with Crippen LogP contribution in [0.3, 0.4) is 0 Å². The van der Waals surface area contributed by atoms with Crippen LogP contribution >= 0.6 is 22.9 Å². The largest absolute Gasteiger partial charge is 0.324 e. The summed E-state index contributed by atoms with van der Waals surface area (Å²) in [6, 6.07) is 7.15. The summed E-state index contributed by atoms with van der Waals surface area (Å²) in [6.45, 7) is 1.52. The summed E-state index contributed by atoms with van der Waals surface area (Å²) in [5, 5.41) is 6.70. The van der Waals surface area contributed by atoms with Crippen molar-refractivity contribution in [1.82, 2.24) is 9.88 Å². The van der Waals surface area contributed by atoms with Gasteiger partial charge in [0, 0.05) is 41.3 Å². The maximum absolute atomic E-state index is 12.2. The van der Waals surface area contributed by atoms with Gasteiger partial charge < -0.3 is 10.2 Å². The fourth-order valence-corrected chi connectivity index (χ4v) is 3.54. The van der Waals surface area contributed by atoms with Crippen molar-refractivity contribution in [3.05, 3.63) is 45.9 Å². The Morgan fingerprint density at radius 1 is 1.38 bits per heavy atom. The number of thiazole rings is 1. The van der Waals surface area contributed by atoms with Crippen molar-refractivity contribution in [3.63, 3.8) is 0 Å². The number of carbonyl (C=O) groups is 1. The molecular weight excluding hydrogens is 306 g/mol. The summed E-state index contributed by atoms with van der Waals surface area (Å²) in [5.74, 6) is 0.486. The Labute approximate surface area is 132 Å². The molecule has 1 aromatic carbocycles. The number of hydrogen-bond donors (Lipinski definition) is 1. The lowest BCUT2D eigenvalue weighted by Gasteiger charge is -2.31. The first-order valence-corrected chi connectivity index (χ1v) is 8.19. The highest BCUT2D eigenvalue weighted by atomic mass is 35.5. The molecule has 110 valence electrons. The minimum absolute atomic E-state index is 0.0603. The van der Waals surface area contributed by atoms with E-state index in [4.69, 9.17) is 11.6 Å². The maximum Gasteiger partial charge on any atom is 0.321 e. The van der Waals surface area contributed by atoms with Crippen LogP contribution in [-0.4, -0.2) is 29.0 Å². The minimum Gasteiger partial charge on any atom is -0.324 e. The monoisotopic (exact) mass is 321 g/mol. The Bertz CT molecular complexity index is 609. The van der Waals surface area contributed by atoms with Crippen molar-refractivity contribution >= 4 is 34.7 Å².